The van der Waals surface area contributed by atoms with Gasteiger partial charge in [0.1, 0.15) is 0 Å². The molecule has 0 bridgehead atoms. The molecule has 1 fully saturated rings. The minimum Gasteiger partial charge on any atom is -0.321 e. The number of fused-ring (bicyclic) bond motifs is 1. The highest BCUT2D eigenvalue weighted by Crippen LogP contribution is 2.33. The Balaban J connectivity index is 1.38. The van der Waals surface area contributed by atoms with Crippen molar-refractivity contribution >= 4 is 49.9 Å². The van der Waals surface area contributed by atoms with Crippen LogP contribution in [0.2, 0.25) is 0 Å². The number of rotatable bonds is 4. The number of aromatic nitrogens is 1. The number of hydrogen-bond donors (Lipinski definition) is 1. The lowest BCUT2D eigenvalue weighted by Crippen LogP contribution is -2.39. The van der Waals surface area contributed by atoms with Gasteiger partial charge in [-0.25, -0.2) is 0 Å². The number of hydrogen-bond acceptors (Lipinski definition) is 5. The molecule has 7 heteroatoms. The van der Waals surface area contributed by atoms with Gasteiger partial charge in [-0.1, -0.05) is 46.3 Å². The predicted molar refractivity (Wildman–Crippen MR) is 137 cm³/mol. The fourth-order valence-electron chi connectivity index (χ4n) is 4.18. The number of halogens is 1. The maximum atomic E-state index is 12.7. The molecule has 1 spiro atoms. The first-order valence-corrected chi connectivity index (χ1v) is 11.8. The first-order chi connectivity index (χ1) is 16.0. The van der Waals surface area contributed by atoms with Gasteiger partial charge >= 0.3 is 0 Å². The Morgan fingerprint density at radius 3 is 2.64 bits per heavy atom. The van der Waals surface area contributed by atoms with Crippen LogP contribution in [0.1, 0.15) is 18.4 Å². The minimum absolute atomic E-state index is 0.228. The highest BCUT2D eigenvalue weighted by Gasteiger charge is 2.38. The maximum absolute atomic E-state index is 12.7. The molecule has 1 amide bonds. The SMILES string of the molecule is CN1CCC2(CC1)N=C(/C=C/C(=O)Nc1cnc3ccccc3c1)C(c1ccc(Br)cc1)=N2. The molecule has 0 unspecified atom stereocenters. The standard InChI is InChI=1S/C26H24BrN5O/c1-32-14-12-26(13-15-32)30-23(25(31-26)18-6-8-20(27)9-7-18)10-11-24(33)29-21-16-19-4-2-3-5-22(19)28-17-21/h2-11,16-17H,12-15H2,1H3,(H,29,33)/b11-10+. The van der Waals surface area contributed by atoms with Crippen LogP contribution in [-0.4, -0.2) is 53.0 Å². The molecule has 6 nitrogen and oxygen atoms in total. The number of carbonyl (C=O) groups is 1. The van der Waals surface area contributed by atoms with Gasteiger partial charge < -0.3 is 10.2 Å². The lowest BCUT2D eigenvalue weighted by molar-refractivity contribution is -0.111. The molecule has 2 aliphatic rings. The number of aliphatic imine (C=N–C) groups is 2. The average Bonchev–Trinajstić information content (AvgIpc) is 3.18. The van der Waals surface area contributed by atoms with E-state index in [1.165, 1.54) is 6.08 Å². The molecule has 1 saturated heterocycles. The molecule has 0 atom stereocenters. The van der Waals surface area contributed by atoms with Gasteiger partial charge in [0, 0.05) is 47.4 Å². The van der Waals surface area contributed by atoms with Crippen molar-refractivity contribution in [2.75, 3.05) is 25.5 Å². The monoisotopic (exact) mass is 501 g/mol. The van der Waals surface area contributed by atoms with E-state index in [2.05, 4.69) is 38.2 Å². The normalized spacial score (nSPS) is 18.0. The summed E-state index contributed by atoms with van der Waals surface area (Å²) in [6.07, 6.45) is 6.71. The van der Waals surface area contributed by atoms with Crippen LogP contribution < -0.4 is 5.32 Å². The van der Waals surface area contributed by atoms with Crippen molar-refractivity contribution in [2.24, 2.45) is 9.98 Å². The Morgan fingerprint density at radius 1 is 1.09 bits per heavy atom. The number of piperidine rings is 1. The van der Waals surface area contributed by atoms with Crippen molar-refractivity contribution in [1.29, 1.82) is 0 Å². The summed E-state index contributed by atoms with van der Waals surface area (Å²) in [4.78, 5) is 29.5. The second kappa shape index (κ2) is 9.00. The van der Waals surface area contributed by atoms with Crippen LogP contribution in [0, 0.1) is 0 Å². The molecule has 33 heavy (non-hydrogen) atoms. The summed E-state index contributed by atoms with van der Waals surface area (Å²) in [6.45, 7) is 1.90. The van der Waals surface area contributed by atoms with E-state index in [0.717, 1.165) is 58.3 Å². The molecule has 0 saturated carbocycles. The zero-order valence-electron chi connectivity index (χ0n) is 18.3. The van der Waals surface area contributed by atoms with Crippen LogP contribution >= 0.6 is 15.9 Å². The number of allylic oxidation sites excluding steroid dienone is 1. The fraction of sp³-hybridized carbons (Fsp3) is 0.231. The van der Waals surface area contributed by atoms with Gasteiger partial charge in [0.25, 0.3) is 0 Å². The van der Waals surface area contributed by atoms with Crippen LogP contribution in [0.25, 0.3) is 10.9 Å². The third-order valence-electron chi connectivity index (χ3n) is 6.05. The summed E-state index contributed by atoms with van der Waals surface area (Å²) in [5.74, 6) is -0.228. The molecule has 166 valence electrons. The molecular weight excluding hydrogens is 478 g/mol. The lowest BCUT2D eigenvalue weighted by Gasteiger charge is -2.33. The number of carbonyl (C=O) groups excluding carboxylic acids is 1. The molecule has 3 aromatic rings. The Morgan fingerprint density at radius 2 is 1.85 bits per heavy atom. The number of benzene rings is 2. The van der Waals surface area contributed by atoms with Gasteiger partial charge in [-0.2, -0.15) is 0 Å². The van der Waals surface area contributed by atoms with E-state index in [1.54, 1.807) is 12.3 Å². The average molecular weight is 502 g/mol. The lowest BCUT2D eigenvalue weighted by atomic mass is 9.99. The first-order valence-electron chi connectivity index (χ1n) is 11.0. The van der Waals surface area contributed by atoms with Gasteiger partial charge in [0.2, 0.25) is 5.91 Å². The van der Waals surface area contributed by atoms with Crippen molar-refractivity contribution in [3.63, 3.8) is 0 Å². The quantitative estimate of drug-likeness (QED) is 0.519. The van der Waals surface area contributed by atoms with Gasteiger partial charge in [0.05, 0.1) is 28.8 Å². The van der Waals surface area contributed by atoms with Crippen LogP contribution in [-0.2, 0) is 4.79 Å². The molecule has 2 aliphatic heterocycles. The van der Waals surface area contributed by atoms with Crippen LogP contribution in [0.5, 0.6) is 0 Å². The van der Waals surface area contributed by atoms with E-state index in [9.17, 15) is 4.79 Å². The van der Waals surface area contributed by atoms with Crippen molar-refractivity contribution in [1.82, 2.24) is 9.88 Å². The number of para-hydroxylation sites is 1. The fourth-order valence-corrected chi connectivity index (χ4v) is 4.45. The van der Waals surface area contributed by atoms with E-state index in [1.807, 2.05) is 54.6 Å². The number of pyridine rings is 1. The summed E-state index contributed by atoms with van der Waals surface area (Å²) in [5, 5.41) is 3.88. The molecule has 0 radical (unpaired) electrons. The van der Waals surface area contributed by atoms with E-state index < -0.39 is 5.66 Å². The number of nitrogens with zero attached hydrogens (tertiary/aromatic N) is 4. The molecule has 5 rings (SSSR count). The molecular formula is C26H24BrN5O. The van der Waals surface area contributed by atoms with Gasteiger partial charge in [-0.05, 0) is 37.4 Å². The van der Waals surface area contributed by atoms with E-state index in [-0.39, 0.29) is 5.91 Å². The van der Waals surface area contributed by atoms with Crippen molar-refractivity contribution < 1.29 is 4.79 Å². The van der Waals surface area contributed by atoms with E-state index >= 15 is 0 Å². The van der Waals surface area contributed by atoms with Gasteiger partial charge in [-0.3, -0.25) is 19.8 Å². The van der Waals surface area contributed by atoms with Crippen molar-refractivity contribution in [3.8, 4) is 0 Å². The Hall–Kier alpha value is -3.16. The predicted octanol–water partition coefficient (Wildman–Crippen LogP) is 4.86. The molecule has 2 aromatic carbocycles. The largest absolute Gasteiger partial charge is 0.321 e. The third-order valence-corrected chi connectivity index (χ3v) is 6.58. The molecule has 3 heterocycles. The second-order valence-electron chi connectivity index (χ2n) is 8.49. The summed E-state index contributed by atoms with van der Waals surface area (Å²) in [7, 11) is 2.12. The zero-order valence-corrected chi connectivity index (χ0v) is 19.9. The highest BCUT2D eigenvalue weighted by molar-refractivity contribution is 9.10. The van der Waals surface area contributed by atoms with Crippen molar-refractivity contribution in [2.45, 2.75) is 18.5 Å². The highest BCUT2D eigenvalue weighted by atomic mass is 79.9. The maximum Gasteiger partial charge on any atom is 0.248 e. The van der Waals surface area contributed by atoms with Crippen LogP contribution in [0.15, 0.2) is 87.4 Å². The molecule has 0 aliphatic carbocycles. The van der Waals surface area contributed by atoms with E-state index in [0.29, 0.717) is 5.69 Å². The zero-order chi connectivity index (χ0) is 22.8. The number of anilines is 1. The van der Waals surface area contributed by atoms with Gasteiger partial charge in [-0.15, -0.1) is 0 Å². The third kappa shape index (κ3) is 4.79. The number of nitrogens with one attached hydrogen (secondary N) is 1. The number of likely N-dealkylation sites (tertiary alicyclic amines) is 1. The molecule has 1 aromatic heterocycles. The molecule has 1 N–H and O–H groups in total. The summed E-state index contributed by atoms with van der Waals surface area (Å²) < 4.78 is 1.01. The van der Waals surface area contributed by atoms with Crippen molar-refractivity contribution in [3.05, 3.63) is 83.0 Å². The Bertz CT molecular complexity index is 1290. The Labute approximate surface area is 201 Å². The second-order valence-corrected chi connectivity index (χ2v) is 9.41. The smallest absolute Gasteiger partial charge is 0.248 e. The van der Waals surface area contributed by atoms with Crippen LogP contribution in [0.3, 0.4) is 0 Å². The first kappa shape index (κ1) is 21.7. The topological polar surface area (TPSA) is 70.0 Å². The summed E-state index contributed by atoms with van der Waals surface area (Å²) >= 11 is 3.49. The Kier molecular flexibility index (Phi) is 5.91. The van der Waals surface area contributed by atoms with Crippen LogP contribution in [0.4, 0.5) is 5.69 Å². The van der Waals surface area contributed by atoms with E-state index in [4.69, 9.17) is 9.98 Å². The van der Waals surface area contributed by atoms with Gasteiger partial charge in [0.15, 0.2) is 5.66 Å². The number of amides is 1. The summed E-state index contributed by atoms with van der Waals surface area (Å²) in [6, 6.07) is 17.8. The summed E-state index contributed by atoms with van der Waals surface area (Å²) in [5.41, 5.74) is 3.69. The minimum atomic E-state index is -0.437.